The van der Waals surface area contributed by atoms with Gasteiger partial charge in [0.25, 0.3) is 0 Å². The van der Waals surface area contributed by atoms with Gasteiger partial charge in [0.15, 0.2) is 5.82 Å². The number of pyridine rings is 1. The molecule has 1 N–H and O–H groups in total. The van der Waals surface area contributed by atoms with Gasteiger partial charge in [-0.1, -0.05) is 17.7 Å². The first-order valence-corrected chi connectivity index (χ1v) is 10.2. The SMILES string of the molecule is CN(Cc1ccc2nc(-c3cccnc3)nc(Nc3ccc(F)c(Cl)c3)c2c1)CC(F)(F)F. The number of rotatable bonds is 6. The van der Waals surface area contributed by atoms with E-state index < -0.39 is 18.5 Å². The third-order valence-corrected chi connectivity index (χ3v) is 5.05. The summed E-state index contributed by atoms with van der Waals surface area (Å²) in [4.78, 5) is 14.5. The quantitative estimate of drug-likeness (QED) is 0.335. The summed E-state index contributed by atoms with van der Waals surface area (Å²) in [6.07, 6.45) is -1.03. The molecular weight excluding hydrogens is 458 g/mol. The van der Waals surface area contributed by atoms with Gasteiger partial charge in [-0.2, -0.15) is 13.2 Å². The second kappa shape index (κ2) is 9.29. The third kappa shape index (κ3) is 5.74. The summed E-state index contributed by atoms with van der Waals surface area (Å²) >= 11 is 5.91. The molecule has 0 unspecified atom stereocenters. The van der Waals surface area contributed by atoms with Gasteiger partial charge in [0.1, 0.15) is 11.6 Å². The van der Waals surface area contributed by atoms with E-state index in [9.17, 15) is 17.6 Å². The van der Waals surface area contributed by atoms with Crippen LogP contribution in [-0.4, -0.2) is 39.6 Å². The van der Waals surface area contributed by atoms with Gasteiger partial charge in [-0.3, -0.25) is 9.88 Å². The standard InChI is InChI=1S/C23H18ClF4N5/c1-33(13-23(26,27)28)12-14-4-7-20-17(9-14)22(30-16-5-6-19(25)18(24)10-16)32-21(31-20)15-3-2-8-29-11-15/h2-11H,12-13H2,1H3,(H,30,31,32). The maximum Gasteiger partial charge on any atom is 0.401 e. The van der Waals surface area contributed by atoms with Crippen molar-refractivity contribution in [3.63, 3.8) is 0 Å². The Morgan fingerprint density at radius 2 is 1.88 bits per heavy atom. The van der Waals surface area contributed by atoms with Gasteiger partial charge in [-0.05, 0) is 55.1 Å². The predicted molar refractivity (Wildman–Crippen MR) is 120 cm³/mol. The summed E-state index contributed by atoms with van der Waals surface area (Å²) in [5.41, 5.74) is 2.43. The van der Waals surface area contributed by atoms with Crippen LogP contribution in [0.15, 0.2) is 60.9 Å². The average Bonchev–Trinajstić information content (AvgIpc) is 2.75. The second-order valence-electron chi connectivity index (χ2n) is 7.53. The zero-order chi connectivity index (χ0) is 23.6. The van der Waals surface area contributed by atoms with Crippen molar-refractivity contribution >= 4 is 34.0 Å². The Morgan fingerprint density at radius 1 is 1.06 bits per heavy atom. The maximum atomic E-state index is 13.6. The fourth-order valence-corrected chi connectivity index (χ4v) is 3.56. The van der Waals surface area contributed by atoms with Crippen LogP contribution >= 0.6 is 11.6 Å². The predicted octanol–water partition coefficient (Wildman–Crippen LogP) is 6.22. The van der Waals surface area contributed by atoms with E-state index in [0.717, 1.165) is 0 Å². The van der Waals surface area contributed by atoms with E-state index in [4.69, 9.17) is 11.6 Å². The molecule has 4 rings (SSSR count). The number of halogens is 5. The molecule has 0 radical (unpaired) electrons. The molecule has 4 aromatic rings. The van der Waals surface area contributed by atoms with Crippen molar-refractivity contribution in [3.8, 4) is 11.4 Å². The molecule has 0 saturated carbocycles. The molecule has 170 valence electrons. The molecule has 0 aliphatic rings. The smallest absolute Gasteiger partial charge is 0.340 e. The van der Waals surface area contributed by atoms with E-state index in [1.54, 1.807) is 36.7 Å². The number of hydrogen-bond acceptors (Lipinski definition) is 5. The van der Waals surface area contributed by atoms with E-state index in [-0.39, 0.29) is 11.6 Å². The highest BCUT2D eigenvalue weighted by Crippen LogP contribution is 2.30. The molecule has 0 amide bonds. The lowest BCUT2D eigenvalue weighted by molar-refractivity contribution is -0.144. The first-order valence-electron chi connectivity index (χ1n) is 9.86. The van der Waals surface area contributed by atoms with Crippen LogP contribution in [0.25, 0.3) is 22.3 Å². The number of fused-ring (bicyclic) bond motifs is 1. The van der Waals surface area contributed by atoms with Gasteiger partial charge >= 0.3 is 6.18 Å². The van der Waals surface area contributed by atoms with Crippen molar-refractivity contribution in [3.05, 3.63) is 77.3 Å². The van der Waals surface area contributed by atoms with E-state index in [2.05, 4.69) is 20.3 Å². The van der Waals surface area contributed by atoms with E-state index >= 15 is 0 Å². The lowest BCUT2D eigenvalue weighted by atomic mass is 10.1. The summed E-state index contributed by atoms with van der Waals surface area (Å²) < 4.78 is 51.8. The average molecular weight is 476 g/mol. The molecule has 0 spiro atoms. The first-order chi connectivity index (χ1) is 15.7. The van der Waals surface area contributed by atoms with E-state index in [1.807, 2.05) is 6.07 Å². The van der Waals surface area contributed by atoms with Gasteiger partial charge in [0.2, 0.25) is 0 Å². The van der Waals surface area contributed by atoms with Crippen molar-refractivity contribution in [1.29, 1.82) is 0 Å². The maximum absolute atomic E-state index is 13.6. The summed E-state index contributed by atoms with van der Waals surface area (Å²) in [5.74, 6) is 0.260. The normalized spacial score (nSPS) is 11.8. The Hall–Kier alpha value is -3.30. The lowest BCUT2D eigenvalue weighted by Crippen LogP contribution is -2.30. The van der Waals surface area contributed by atoms with Crippen molar-refractivity contribution in [2.24, 2.45) is 0 Å². The molecular formula is C23H18ClF4N5. The molecule has 0 aliphatic carbocycles. The fraction of sp³-hybridized carbons (Fsp3) is 0.174. The number of nitrogens with one attached hydrogen (secondary N) is 1. The van der Waals surface area contributed by atoms with Crippen LogP contribution in [0.5, 0.6) is 0 Å². The van der Waals surface area contributed by atoms with Crippen LogP contribution < -0.4 is 5.32 Å². The molecule has 33 heavy (non-hydrogen) atoms. The van der Waals surface area contributed by atoms with Crippen LogP contribution in [-0.2, 0) is 6.54 Å². The highest BCUT2D eigenvalue weighted by Gasteiger charge is 2.29. The van der Waals surface area contributed by atoms with E-state index in [1.165, 1.54) is 30.1 Å². The molecule has 5 nitrogen and oxygen atoms in total. The van der Waals surface area contributed by atoms with Crippen LogP contribution in [0.1, 0.15) is 5.56 Å². The molecule has 2 heterocycles. The summed E-state index contributed by atoms with van der Waals surface area (Å²) in [6.45, 7) is -0.942. The Labute approximate surface area is 192 Å². The first kappa shape index (κ1) is 22.9. The largest absolute Gasteiger partial charge is 0.401 e. The lowest BCUT2D eigenvalue weighted by Gasteiger charge is -2.19. The molecule has 0 atom stereocenters. The van der Waals surface area contributed by atoms with Crippen LogP contribution in [0.3, 0.4) is 0 Å². The number of anilines is 2. The van der Waals surface area contributed by atoms with Gasteiger partial charge in [0.05, 0.1) is 17.1 Å². The Bertz CT molecular complexity index is 1280. The van der Waals surface area contributed by atoms with Gasteiger partial charge < -0.3 is 5.32 Å². The van der Waals surface area contributed by atoms with Crippen molar-refractivity contribution in [2.45, 2.75) is 12.7 Å². The molecule has 0 aliphatic heterocycles. The monoisotopic (exact) mass is 475 g/mol. The van der Waals surface area contributed by atoms with Crippen LogP contribution in [0.4, 0.5) is 29.1 Å². The van der Waals surface area contributed by atoms with Crippen LogP contribution in [0.2, 0.25) is 5.02 Å². The molecule has 0 fully saturated rings. The molecule has 2 aromatic carbocycles. The third-order valence-electron chi connectivity index (χ3n) is 4.76. The minimum atomic E-state index is -4.29. The number of alkyl halides is 3. The number of nitrogens with zero attached hydrogens (tertiary/aromatic N) is 4. The van der Waals surface area contributed by atoms with Crippen LogP contribution in [0, 0.1) is 5.82 Å². The molecule has 0 saturated heterocycles. The highest BCUT2D eigenvalue weighted by atomic mass is 35.5. The summed E-state index contributed by atoms with van der Waals surface area (Å²) in [5, 5.41) is 3.67. The van der Waals surface area contributed by atoms with Crippen molar-refractivity contribution in [2.75, 3.05) is 18.9 Å². The topological polar surface area (TPSA) is 53.9 Å². The minimum absolute atomic E-state index is 0.0553. The Balaban J connectivity index is 1.76. The van der Waals surface area contributed by atoms with Crippen molar-refractivity contribution in [1.82, 2.24) is 19.9 Å². The molecule has 2 aromatic heterocycles. The molecule has 0 bridgehead atoms. The Kier molecular flexibility index (Phi) is 6.44. The summed E-state index contributed by atoms with van der Waals surface area (Å²) in [7, 11) is 1.40. The number of aromatic nitrogens is 3. The Morgan fingerprint density at radius 3 is 2.58 bits per heavy atom. The number of benzene rings is 2. The van der Waals surface area contributed by atoms with Gasteiger partial charge in [-0.25, -0.2) is 14.4 Å². The van der Waals surface area contributed by atoms with E-state index in [0.29, 0.717) is 39.4 Å². The second-order valence-corrected chi connectivity index (χ2v) is 7.94. The zero-order valence-corrected chi connectivity index (χ0v) is 18.1. The minimum Gasteiger partial charge on any atom is -0.340 e. The zero-order valence-electron chi connectivity index (χ0n) is 17.4. The van der Waals surface area contributed by atoms with Crippen molar-refractivity contribution < 1.29 is 17.6 Å². The molecule has 10 heteroatoms. The highest BCUT2D eigenvalue weighted by molar-refractivity contribution is 6.31. The summed E-state index contributed by atoms with van der Waals surface area (Å²) in [6, 6.07) is 12.9. The van der Waals surface area contributed by atoms with Gasteiger partial charge in [0, 0.05) is 35.6 Å². The van der Waals surface area contributed by atoms with Gasteiger partial charge in [-0.15, -0.1) is 0 Å². The fourth-order valence-electron chi connectivity index (χ4n) is 3.38. The number of hydrogen-bond donors (Lipinski definition) is 1.